The average molecular weight is 691 g/mol. The normalized spacial score (nSPS) is 19.9. The van der Waals surface area contributed by atoms with E-state index in [1.165, 1.54) is 11.1 Å². The molecule has 0 bridgehead atoms. The Morgan fingerprint density at radius 2 is 1.08 bits per heavy atom. The van der Waals surface area contributed by atoms with Crippen LogP contribution < -0.4 is 20.1 Å². The van der Waals surface area contributed by atoms with Gasteiger partial charge in [0.25, 0.3) is 0 Å². The number of hydrogen-bond donors (Lipinski definition) is 2. The Bertz CT molecular complexity index is 1500. The fourth-order valence-electron chi connectivity index (χ4n) is 7.51. The van der Waals surface area contributed by atoms with Crippen LogP contribution in [0, 0.1) is 10.8 Å². The maximum atomic E-state index is 13.5. The van der Waals surface area contributed by atoms with E-state index in [4.69, 9.17) is 9.47 Å². The van der Waals surface area contributed by atoms with Crippen molar-refractivity contribution in [2.75, 3.05) is 6.54 Å². The first-order valence-electron chi connectivity index (χ1n) is 19.2. The summed E-state index contributed by atoms with van der Waals surface area (Å²) in [4.78, 5) is 26.8. The van der Waals surface area contributed by atoms with Crippen molar-refractivity contribution in [1.82, 2.24) is 10.6 Å². The van der Waals surface area contributed by atoms with Crippen LogP contribution in [0.5, 0.6) is 11.5 Å². The van der Waals surface area contributed by atoms with Crippen LogP contribution in [0.15, 0.2) is 36.4 Å². The smallest absolute Gasteiger partial charge is 0.410 e. The largest absolute Gasteiger partial charge is 0.412 e. The second-order valence-electron chi connectivity index (χ2n) is 18.9. The molecule has 280 valence electrons. The third-order valence-corrected chi connectivity index (χ3v) is 12.3. The Hall–Kier alpha value is -3.02. The van der Waals surface area contributed by atoms with Crippen LogP contribution >= 0.6 is 0 Å². The number of rotatable bonds is 13. The van der Waals surface area contributed by atoms with Crippen molar-refractivity contribution in [3.05, 3.63) is 58.7 Å². The van der Waals surface area contributed by atoms with Gasteiger partial charge in [0.15, 0.2) is 0 Å². The molecule has 3 rings (SSSR count). The van der Waals surface area contributed by atoms with Crippen molar-refractivity contribution < 1.29 is 19.1 Å². The summed E-state index contributed by atoms with van der Waals surface area (Å²) in [5, 5.41) is 6.30. The van der Waals surface area contributed by atoms with Gasteiger partial charge in [-0.1, -0.05) is 128 Å². The maximum Gasteiger partial charge on any atom is 0.412 e. The molecule has 0 spiro atoms. The lowest BCUT2D eigenvalue weighted by molar-refractivity contribution is 0.0700. The molecular weight excluding hydrogens is 620 g/mol. The molecule has 1 aliphatic carbocycles. The number of carbonyl (C=O) groups excluding carboxylic acids is 2. The lowest BCUT2D eigenvalue weighted by atomic mass is 9.62. The Balaban J connectivity index is 1.75. The summed E-state index contributed by atoms with van der Waals surface area (Å²) < 4.78 is 12.1. The SMILES string of the molecule is CCC(C)(C)c1ccc(OC(=O)NCC2(C)CC(NC(=O)Oc3ccc(C(C)(C)CC)cc3C(C)(C)CC)CC(C)(C)C2)c(C(C)(C)CC)c1. The van der Waals surface area contributed by atoms with E-state index in [9.17, 15) is 9.59 Å². The molecule has 6 nitrogen and oxygen atoms in total. The minimum Gasteiger partial charge on any atom is -0.410 e. The number of nitrogens with one attached hydrogen (secondary N) is 2. The predicted octanol–water partition coefficient (Wildman–Crippen LogP) is 11.9. The van der Waals surface area contributed by atoms with Gasteiger partial charge in [0, 0.05) is 23.7 Å². The van der Waals surface area contributed by atoms with Crippen molar-refractivity contribution in [3.63, 3.8) is 0 Å². The molecule has 50 heavy (non-hydrogen) atoms. The molecule has 2 N–H and O–H groups in total. The van der Waals surface area contributed by atoms with E-state index in [-0.39, 0.29) is 38.5 Å². The van der Waals surface area contributed by atoms with Crippen molar-refractivity contribution in [2.24, 2.45) is 10.8 Å². The van der Waals surface area contributed by atoms with Crippen molar-refractivity contribution >= 4 is 12.2 Å². The molecule has 0 heterocycles. The second kappa shape index (κ2) is 15.3. The van der Waals surface area contributed by atoms with Gasteiger partial charge in [0.1, 0.15) is 11.5 Å². The quantitative estimate of drug-likeness (QED) is 0.219. The van der Waals surface area contributed by atoms with E-state index in [0.29, 0.717) is 18.0 Å². The van der Waals surface area contributed by atoms with Gasteiger partial charge in [-0.05, 0) is 101 Å². The van der Waals surface area contributed by atoms with Crippen LogP contribution in [0.25, 0.3) is 0 Å². The summed E-state index contributed by atoms with van der Waals surface area (Å²) in [7, 11) is 0. The summed E-state index contributed by atoms with van der Waals surface area (Å²) in [5.74, 6) is 1.22. The topological polar surface area (TPSA) is 76.7 Å². The van der Waals surface area contributed by atoms with Crippen molar-refractivity contribution in [1.29, 1.82) is 0 Å². The van der Waals surface area contributed by atoms with Crippen molar-refractivity contribution in [3.8, 4) is 11.5 Å². The molecule has 1 fully saturated rings. The zero-order valence-corrected chi connectivity index (χ0v) is 34.3. The van der Waals surface area contributed by atoms with E-state index in [1.807, 2.05) is 12.1 Å². The molecule has 2 aromatic rings. The molecule has 2 unspecified atom stereocenters. The summed E-state index contributed by atoms with van der Waals surface area (Å²) >= 11 is 0. The minimum atomic E-state index is -0.449. The van der Waals surface area contributed by atoms with E-state index in [1.54, 1.807) is 0 Å². The van der Waals surface area contributed by atoms with Gasteiger partial charge < -0.3 is 20.1 Å². The van der Waals surface area contributed by atoms with Crippen LogP contribution in [0.4, 0.5) is 9.59 Å². The molecular formula is C44H70N2O4. The van der Waals surface area contributed by atoms with Gasteiger partial charge in [-0.3, -0.25) is 0 Å². The first-order valence-corrected chi connectivity index (χ1v) is 19.2. The zero-order valence-electron chi connectivity index (χ0n) is 34.3. The van der Waals surface area contributed by atoms with Crippen LogP contribution in [0.3, 0.4) is 0 Å². The minimum absolute atomic E-state index is 0.0306. The van der Waals surface area contributed by atoms with E-state index >= 15 is 0 Å². The summed E-state index contributed by atoms with van der Waals surface area (Å²) in [6, 6.07) is 12.5. The number of amides is 2. The summed E-state index contributed by atoms with van der Waals surface area (Å²) in [5.41, 5.74) is 4.08. The second-order valence-corrected chi connectivity index (χ2v) is 18.9. The molecule has 0 radical (unpaired) electrons. The van der Waals surface area contributed by atoms with Gasteiger partial charge in [-0.2, -0.15) is 0 Å². The molecule has 2 amide bonds. The van der Waals surface area contributed by atoms with Gasteiger partial charge in [0.05, 0.1) is 0 Å². The number of ether oxygens (including phenoxy) is 2. The molecule has 0 aromatic heterocycles. The highest BCUT2D eigenvalue weighted by molar-refractivity contribution is 5.72. The van der Waals surface area contributed by atoms with Crippen molar-refractivity contribution in [2.45, 2.75) is 177 Å². The fraction of sp³-hybridized carbons (Fsp3) is 0.682. The van der Waals surface area contributed by atoms with E-state index in [0.717, 1.165) is 56.1 Å². The highest BCUT2D eigenvalue weighted by Gasteiger charge is 2.42. The van der Waals surface area contributed by atoms with E-state index in [2.05, 4.69) is 139 Å². The van der Waals surface area contributed by atoms with Gasteiger partial charge in [-0.25, -0.2) is 9.59 Å². The molecule has 1 aliphatic rings. The van der Waals surface area contributed by atoms with Gasteiger partial charge in [0.2, 0.25) is 0 Å². The molecule has 2 atom stereocenters. The first kappa shape index (κ1) is 41.4. The Labute approximate surface area is 305 Å². The number of carbonyl (C=O) groups is 2. The zero-order chi connectivity index (χ0) is 37.9. The Morgan fingerprint density at radius 1 is 0.660 bits per heavy atom. The molecule has 2 aromatic carbocycles. The third-order valence-electron chi connectivity index (χ3n) is 12.3. The van der Waals surface area contributed by atoms with Crippen LogP contribution in [0.2, 0.25) is 0 Å². The lowest BCUT2D eigenvalue weighted by Crippen LogP contribution is -2.51. The fourth-order valence-corrected chi connectivity index (χ4v) is 7.51. The summed E-state index contributed by atoms with van der Waals surface area (Å²) in [6.45, 7) is 33.7. The van der Waals surface area contributed by atoms with Gasteiger partial charge in [-0.15, -0.1) is 0 Å². The molecule has 0 saturated heterocycles. The number of hydrogen-bond acceptors (Lipinski definition) is 4. The van der Waals surface area contributed by atoms with Gasteiger partial charge >= 0.3 is 12.2 Å². The third kappa shape index (κ3) is 10.1. The first-order chi connectivity index (χ1) is 22.9. The molecule has 1 saturated carbocycles. The highest BCUT2D eigenvalue weighted by Crippen LogP contribution is 2.46. The number of benzene rings is 2. The lowest BCUT2D eigenvalue weighted by Gasteiger charge is -2.46. The monoisotopic (exact) mass is 691 g/mol. The van der Waals surface area contributed by atoms with E-state index < -0.39 is 12.2 Å². The van der Waals surface area contributed by atoms with Crippen LogP contribution in [-0.2, 0) is 21.7 Å². The Kier molecular flexibility index (Phi) is 12.7. The molecule has 6 heteroatoms. The van der Waals surface area contributed by atoms with Crippen LogP contribution in [-0.4, -0.2) is 24.8 Å². The summed E-state index contributed by atoms with van der Waals surface area (Å²) in [6.07, 6.45) is 5.46. The predicted molar refractivity (Wildman–Crippen MR) is 209 cm³/mol. The Morgan fingerprint density at radius 3 is 1.50 bits per heavy atom. The van der Waals surface area contributed by atoms with Crippen LogP contribution in [0.1, 0.15) is 171 Å². The molecule has 0 aliphatic heterocycles. The highest BCUT2D eigenvalue weighted by atomic mass is 16.6. The average Bonchev–Trinajstić information content (AvgIpc) is 3.02. The standard InChI is InChI=1S/C44H70N2O4/c1-16-40(7,8)30-20-22-35(33(24-30)42(11,12)18-3)49-37(47)45-29-44(15)27-32(26-39(5,6)28-44)46-38(48)50-36-23-21-31(41(9,10)17-2)25-34(36)43(13,14)19-4/h20-25,32H,16-19,26-29H2,1-15H3,(H,45,47)(H,46,48). The maximum absolute atomic E-state index is 13.5.